The molecule has 3 rings (SSSR count). The summed E-state index contributed by atoms with van der Waals surface area (Å²) in [5.41, 5.74) is 4.01. The normalized spacial score (nSPS) is 20.9. The molecule has 2 aliphatic heterocycles. The van der Waals surface area contributed by atoms with Crippen molar-refractivity contribution in [2.45, 2.75) is 45.6 Å². The lowest BCUT2D eigenvalue weighted by Crippen LogP contribution is -2.48. The van der Waals surface area contributed by atoms with Gasteiger partial charge in [-0.2, -0.15) is 0 Å². The molecule has 2 aliphatic rings. The first-order chi connectivity index (χ1) is 13.5. The van der Waals surface area contributed by atoms with Crippen LogP contribution in [0.25, 0.3) is 0 Å². The van der Waals surface area contributed by atoms with Gasteiger partial charge in [0.2, 0.25) is 0 Å². The average molecular weight is 400 g/mol. The number of para-hydroxylation sites is 1. The van der Waals surface area contributed by atoms with Crippen LogP contribution in [0.4, 0.5) is 5.69 Å². The van der Waals surface area contributed by atoms with E-state index in [1.54, 1.807) is 52.0 Å². The van der Waals surface area contributed by atoms with Crippen molar-refractivity contribution < 1.29 is 28.6 Å². The lowest BCUT2D eigenvalue weighted by atomic mass is 9.67. The number of rotatable bonds is 3. The van der Waals surface area contributed by atoms with Crippen molar-refractivity contribution in [3.05, 3.63) is 52.6 Å². The summed E-state index contributed by atoms with van der Waals surface area (Å²) in [5, 5.41) is 2.92. The van der Waals surface area contributed by atoms with Crippen molar-refractivity contribution in [2.75, 3.05) is 11.9 Å². The number of esters is 3. The minimum atomic E-state index is -1.88. The van der Waals surface area contributed by atoms with E-state index in [1.807, 2.05) is 0 Å². The monoisotopic (exact) mass is 400 g/mol. The summed E-state index contributed by atoms with van der Waals surface area (Å²) in [6.07, 6.45) is 0. The Hall–Kier alpha value is -3.29. The van der Waals surface area contributed by atoms with Gasteiger partial charge in [0.1, 0.15) is 28.3 Å². The van der Waals surface area contributed by atoms with Crippen molar-refractivity contribution in [3.8, 4) is 0 Å². The molecule has 0 aromatic heterocycles. The Morgan fingerprint density at radius 2 is 1.83 bits per heavy atom. The van der Waals surface area contributed by atoms with Crippen LogP contribution in [0.1, 0.15) is 40.2 Å². The lowest BCUT2D eigenvalue weighted by Gasteiger charge is -2.36. The highest BCUT2D eigenvalue weighted by atomic mass is 16.6. The zero-order valence-electron chi connectivity index (χ0n) is 17.0. The quantitative estimate of drug-likeness (QED) is 0.586. The van der Waals surface area contributed by atoms with Gasteiger partial charge in [0, 0.05) is 11.3 Å². The minimum absolute atomic E-state index is 0.0514. The summed E-state index contributed by atoms with van der Waals surface area (Å²) in [5.74, 6) is -2.44. The van der Waals surface area contributed by atoms with E-state index in [2.05, 4.69) is 5.32 Å². The molecule has 1 aromatic rings. The maximum Gasteiger partial charge on any atom is 0.339 e. The zero-order chi connectivity index (χ0) is 21.6. The highest BCUT2D eigenvalue weighted by Gasteiger charge is 2.63. The van der Waals surface area contributed by atoms with Crippen LogP contribution in [-0.2, 0) is 34.0 Å². The highest BCUT2D eigenvalue weighted by Crippen LogP contribution is 2.52. The van der Waals surface area contributed by atoms with Crippen LogP contribution in [0.2, 0.25) is 0 Å². The third kappa shape index (κ3) is 3.14. The van der Waals surface area contributed by atoms with E-state index in [-0.39, 0.29) is 29.3 Å². The van der Waals surface area contributed by atoms with E-state index in [1.165, 1.54) is 6.92 Å². The second-order valence-corrected chi connectivity index (χ2v) is 7.75. The molecule has 8 heteroatoms. The smallest absolute Gasteiger partial charge is 0.339 e. The summed E-state index contributed by atoms with van der Waals surface area (Å²) < 4.78 is 16.1. The van der Waals surface area contributed by atoms with E-state index in [4.69, 9.17) is 19.9 Å². The molecule has 1 atom stereocenters. The molecule has 0 radical (unpaired) electrons. The molecule has 0 bridgehead atoms. The van der Waals surface area contributed by atoms with E-state index >= 15 is 0 Å². The molecule has 0 saturated carbocycles. The Morgan fingerprint density at radius 1 is 1.17 bits per heavy atom. The van der Waals surface area contributed by atoms with Gasteiger partial charge in [-0.1, -0.05) is 18.2 Å². The van der Waals surface area contributed by atoms with Crippen molar-refractivity contribution in [2.24, 2.45) is 5.73 Å². The number of hydrogen-bond donors (Lipinski definition) is 2. The zero-order valence-corrected chi connectivity index (χ0v) is 17.0. The number of hydrogen-bond acceptors (Lipinski definition) is 8. The van der Waals surface area contributed by atoms with Gasteiger partial charge >= 0.3 is 17.9 Å². The van der Waals surface area contributed by atoms with Crippen molar-refractivity contribution in [1.29, 1.82) is 0 Å². The predicted octanol–water partition coefficient (Wildman–Crippen LogP) is 2.26. The Bertz CT molecular complexity index is 970. The second kappa shape index (κ2) is 6.95. The molecule has 3 N–H and O–H groups in total. The summed E-state index contributed by atoms with van der Waals surface area (Å²) in [4.78, 5) is 39.4. The minimum Gasteiger partial charge on any atom is -0.462 e. The van der Waals surface area contributed by atoms with Crippen molar-refractivity contribution in [3.63, 3.8) is 0 Å². The molecule has 0 saturated heterocycles. The topological polar surface area (TPSA) is 117 Å². The number of benzene rings is 1. The number of nitrogens with one attached hydrogen (secondary N) is 1. The number of allylic oxidation sites excluding steroid dienone is 1. The number of nitrogens with two attached hydrogens (primary N) is 1. The van der Waals surface area contributed by atoms with E-state index in [0.29, 0.717) is 11.3 Å². The number of carbonyl (C=O) groups is 3. The van der Waals surface area contributed by atoms with Gasteiger partial charge in [0.25, 0.3) is 0 Å². The molecule has 154 valence electrons. The van der Waals surface area contributed by atoms with Gasteiger partial charge in [-0.3, -0.25) is 0 Å². The Morgan fingerprint density at radius 3 is 2.45 bits per heavy atom. The van der Waals surface area contributed by atoms with Crippen LogP contribution in [0.15, 0.2) is 47.0 Å². The van der Waals surface area contributed by atoms with Gasteiger partial charge < -0.3 is 25.3 Å². The number of cyclic esters (lactones) is 1. The van der Waals surface area contributed by atoms with Crippen molar-refractivity contribution >= 4 is 23.6 Å². The first-order valence-corrected chi connectivity index (χ1v) is 9.24. The summed E-state index contributed by atoms with van der Waals surface area (Å²) in [6.45, 7) is 8.30. The van der Waals surface area contributed by atoms with E-state index in [9.17, 15) is 14.4 Å². The maximum atomic E-state index is 13.3. The highest BCUT2D eigenvalue weighted by molar-refractivity contribution is 6.16. The van der Waals surface area contributed by atoms with Crippen molar-refractivity contribution in [1.82, 2.24) is 0 Å². The summed E-state index contributed by atoms with van der Waals surface area (Å²) >= 11 is 0. The van der Waals surface area contributed by atoms with Crippen LogP contribution in [0.5, 0.6) is 0 Å². The van der Waals surface area contributed by atoms with Crippen LogP contribution < -0.4 is 11.1 Å². The van der Waals surface area contributed by atoms with E-state index in [0.717, 1.165) is 0 Å². The van der Waals surface area contributed by atoms with Gasteiger partial charge in [-0.15, -0.1) is 0 Å². The van der Waals surface area contributed by atoms with Crippen LogP contribution in [0, 0.1) is 0 Å². The fraction of sp³-hybridized carbons (Fsp3) is 0.381. The molecule has 1 aromatic carbocycles. The molecule has 0 unspecified atom stereocenters. The molecule has 8 nitrogen and oxygen atoms in total. The number of anilines is 1. The molecule has 2 heterocycles. The van der Waals surface area contributed by atoms with Gasteiger partial charge in [0.05, 0.1) is 6.61 Å². The Labute approximate surface area is 168 Å². The largest absolute Gasteiger partial charge is 0.462 e. The number of carbonyl (C=O) groups excluding carboxylic acids is 3. The lowest BCUT2D eigenvalue weighted by molar-refractivity contribution is -0.152. The molecule has 0 aliphatic carbocycles. The van der Waals surface area contributed by atoms with Crippen LogP contribution >= 0.6 is 0 Å². The predicted molar refractivity (Wildman–Crippen MR) is 104 cm³/mol. The van der Waals surface area contributed by atoms with Crippen LogP contribution in [0.3, 0.4) is 0 Å². The molecular weight excluding hydrogens is 376 g/mol. The average Bonchev–Trinajstić information content (AvgIpc) is 2.84. The summed E-state index contributed by atoms with van der Waals surface area (Å²) in [7, 11) is 0. The van der Waals surface area contributed by atoms with Gasteiger partial charge in [-0.05, 0) is 40.7 Å². The summed E-state index contributed by atoms with van der Waals surface area (Å²) in [6, 6.07) is 6.77. The molecule has 0 amide bonds. The fourth-order valence-corrected chi connectivity index (χ4v) is 3.66. The van der Waals surface area contributed by atoms with Crippen LogP contribution in [-0.4, -0.2) is 30.1 Å². The Kier molecular flexibility index (Phi) is 4.90. The number of fused-ring (bicyclic) bond motifs is 2. The van der Waals surface area contributed by atoms with Gasteiger partial charge in [-0.25, -0.2) is 14.4 Å². The van der Waals surface area contributed by atoms with E-state index < -0.39 is 28.9 Å². The number of ether oxygens (including phenoxy) is 3. The van der Waals surface area contributed by atoms with Gasteiger partial charge in [0.15, 0.2) is 5.41 Å². The first-order valence-electron chi connectivity index (χ1n) is 9.24. The standard InChI is InChI=1S/C21H24N2O6/c1-6-27-17(24)15-16(22)23-13-10-8-7-9-12(13)21(15)14(11(2)28-19(21)26)18(25)29-20(3,4)5/h7-10,23H,6,22H2,1-5H3/t21-/m1/s1. The molecular formula is C21H24N2O6. The third-order valence-electron chi connectivity index (χ3n) is 4.61. The maximum absolute atomic E-state index is 13.3. The third-order valence-corrected chi connectivity index (χ3v) is 4.61. The first kappa shape index (κ1) is 20.4. The molecule has 1 spiro atoms. The SMILES string of the molecule is CCOC(=O)C1=C(N)Nc2ccccc2[C@]12C(=O)OC(C)=C2C(=O)OC(C)(C)C. The second-order valence-electron chi connectivity index (χ2n) is 7.75. The Balaban J connectivity index is 2.34. The fourth-order valence-electron chi connectivity index (χ4n) is 3.66. The molecule has 0 fully saturated rings. The molecule has 29 heavy (non-hydrogen) atoms.